The summed E-state index contributed by atoms with van der Waals surface area (Å²) in [6.07, 6.45) is 1.89. The van der Waals surface area contributed by atoms with Crippen molar-refractivity contribution in [3.8, 4) is 17.1 Å². The molecule has 1 heterocycles. The summed E-state index contributed by atoms with van der Waals surface area (Å²) in [6.45, 7) is 0. The maximum Gasteiger partial charge on any atom is 0.234 e. The van der Waals surface area contributed by atoms with Crippen LogP contribution >= 0.6 is 11.8 Å². The molecule has 0 spiro atoms. The Balaban J connectivity index is 1.29. The average molecular weight is 470 g/mol. The van der Waals surface area contributed by atoms with Gasteiger partial charge in [-0.25, -0.2) is 0 Å². The molecule has 1 aliphatic rings. The minimum Gasteiger partial charge on any atom is -0.326 e. The molecule has 0 atom stereocenters. The number of para-hydroxylation sites is 1. The lowest BCUT2D eigenvalue weighted by Gasteiger charge is -2.11. The number of hydrogen-bond donors (Lipinski definition) is 2. The van der Waals surface area contributed by atoms with Crippen molar-refractivity contribution in [1.82, 2.24) is 14.8 Å². The van der Waals surface area contributed by atoms with E-state index in [1.54, 1.807) is 12.1 Å². The number of hydrogen-bond acceptors (Lipinski definition) is 5. The molecule has 4 aromatic rings. The van der Waals surface area contributed by atoms with E-state index in [1.165, 1.54) is 11.8 Å². The van der Waals surface area contributed by atoms with E-state index in [1.807, 2.05) is 77.4 Å². The first-order valence-corrected chi connectivity index (χ1v) is 12.1. The quantitative estimate of drug-likeness (QED) is 0.354. The van der Waals surface area contributed by atoms with Gasteiger partial charge < -0.3 is 10.6 Å². The van der Waals surface area contributed by atoms with E-state index < -0.39 is 0 Å². The maximum absolute atomic E-state index is 12.7. The van der Waals surface area contributed by atoms with Gasteiger partial charge in [-0.2, -0.15) is 0 Å². The van der Waals surface area contributed by atoms with Crippen LogP contribution in [0.1, 0.15) is 12.8 Å². The van der Waals surface area contributed by atoms with Crippen LogP contribution in [0.25, 0.3) is 17.1 Å². The van der Waals surface area contributed by atoms with Gasteiger partial charge in [-0.1, -0.05) is 66.4 Å². The van der Waals surface area contributed by atoms with Crippen molar-refractivity contribution in [2.24, 2.45) is 5.92 Å². The molecule has 7 nitrogen and oxygen atoms in total. The van der Waals surface area contributed by atoms with E-state index in [4.69, 9.17) is 0 Å². The third-order valence-corrected chi connectivity index (χ3v) is 6.30. The van der Waals surface area contributed by atoms with Gasteiger partial charge in [0.15, 0.2) is 11.0 Å². The zero-order valence-electron chi connectivity index (χ0n) is 18.3. The Morgan fingerprint density at radius 2 is 1.53 bits per heavy atom. The van der Waals surface area contributed by atoms with Crippen LogP contribution in [0.5, 0.6) is 0 Å². The number of amides is 2. The summed E-state index contributed by atoms with van der Waals surface area (Å²) in [5.41, 5.74) is 3.18. The Morgan fingerprint density at radius 3 is 2.24 bits per heavy atom. The molecule has 3 aromatic carbocycles. The highest BCUT2D eigenvalue weighted by molar-refractivity contribution is 7.99. The van der Waals surface area contributed by atoms with Gasteiger partial charge in [-0.3, -0.25) is 14.2 Å². The predicted molar refractivity (Wildman–Crippen MR) is 134 cm³/mol. The normalized spacial score (nSPS) is 12.8. The highest BCUT2D eigenvalue weighted by Crippen LogP contribution is 2.31. The molecule has 0 radical (unpaired) electrons. The second kappa shape index (κ2) is 9.93. The molecule has 8 heteroatoms. The van der Waals surface area contributed by atoms with Crippen LogP contribution < -0.4 is 10.6 Å². The Morgan fingerprint density at radius 1 is 0.853 bits per heavy atom. The molecule has 0 bridgehead atoms. The molecule has 0 aliphatic heterocycles. The fourth-order valence-corrected chi connectivity index (χ4v) is 4.29. The molecule has 170 valence electrons. The summed E-state index contributed by atoms with van der Waals surface area (Å²) in [6, 6.07) is 26.9. The monoisotopic (exact) mass is 469 g/mol. The van der Waals surface area contributed by atoms with Gasteiger partial charge in [0, 0.05) is 28.5 Å². The van der Waals surface area contributed by atoms with Gasteiger partial charge in [-0.05, 0) is 43.2 Å². The molecule has 0 saturated heterocycles. The number of rotatable bonds is 8. The van der Waals surface area contributed by atoms with Crippen molar-refractivity contribution in [3.63, 3.8) is 0 Å². The number of benzene rings is 3. The van der Waals surface area contributed by atoms with E-state index in [-0.39, 0.29) is 23.5 Å². The van der Waals surface area contributed by atoms with Crippen molar-refractivity contribution < 1.29 is 9.59 Å². The predicted octanol–water partition coefficient (Wildman–Crippen LogP) is 5.01. The van der Waals surface area contributed by atoms with Crippen LogP contribution in [-0.4, -0.2) is 32.3 Å². The van der Waals surface area contributed by atoms with Crippen LogP contribution in [-0.2, 0) is 9.59 Å². The molecule has 0 unspecified atom stereocenters. The standard InChI is InChI=1S/C26H23N5O2S/c32-23(27-20-10-7-11-21(16-20)28-25(33)19-14-15-19)17-34-26-30-29-24(18-8-3-1-4-9-18)31(26)22-12-5-2-6-13-22/h1-13,16,19H,14-15,17H2,(H,27,32)(H,28,33). The molecule has 34 heavy (non-hydrogen) atoms. The topological polar surface area (TPSA) is 88.9 Å². The number of nitrogens with zero attached hydrogens (tertiary/aromatic N) is 3. The Hall–Kier alpha value is -3.91. The molecule has 1 fully saturated rings. The first kappa shape index (κ1) is 21.9. The summed E-state index contributed by atoms with van der Waals surface area (Å²) >= 11 is 1.32. The number of aromatic nitrogens is 3. The summed E-state index contributed by atoms with van der Waals surface area (Å²) in [7, 11) is 0. The molecular formula is C26H23N5O2S. The van der Waals surface area contributed by atoms with E-state index in [0.29, 0.717) is 22.4 Å². The molecule has 5 rings (SSSR count). The molecule has 1 aliphatic carbocycles. The Bertz CT molecular complexity index is 1300. The summed E-state index contributed by atoms with van der Waals surface area (Å²) in [5.74, 6) is 0.873. The van der Waals surface area contributed by atoms with Crippen LogP contribution in [0.3, 0.4) is 0 Å². The minimum absolute atomic E-state index is 0.0356. The van der Waals surface area contributed by atoms with Crippen molar-refractivity contribution in [2.45, 2.75) is 18.0 Å². The lowest BCUT2D eigenvalue weighted by atomic mass is 10.2. The van der Waals surface area contributed by atoms with Crippen LogP contribution in [0.15, 0.2) is 90.1 Å². The van der Waals surface area contributed by atoms with Gasteiger partial charge in [0.1, 0.15) is 0 Å². The lowest BCUT2D eigenvalue weighted by molar-refractivity contribution is -0.117. The van der Waals surface area contributed by atoms with Crippen LogP contribution in [0.4, 0.5) is 11.4 Å². The fraction of sp³-hybridized carbons (Fsp3) is 0.154. The summed E-state index contributed by atoms with van der Waals surface area (Å²) < 4.78 is 1.96. The van der Waals surface area contributed by atoms with Crippen molar-refractivity contribution >= 4 is 35.0 Å². The number of nitrogens with one attached hydrogen (secondary N) is 2. The fourth-order valence-electron chi connectivity index (χ4n) is 3.54. The highest BCUT2D eigenvalue weighted by atomic mass is 32.2. The summed E-state index contributed by atoms with van der Waals surface area (Å²) in [4.78, 5) is 24.7. The van der Waals surface area contributed by atoms with E-state index >= 15 is 0 Å². The van der Waals surface area contributed by atoms with Crippen LogP contribution in [0.2, 0.25) is 0 Å². The number of thioether (sulfide) groups is 1. The van der Waals surface area contributed by atoms with E-state index in [0.717, 1.165) is 24.1 Å². The molecule has 2 amide bonds. The third kappa shape index (κ3) is 5.18. The van der Waals surface area contributed by atoms with Gasteiger partial charge in [0.2, 0.25) is 11.8 Å². The van der Waals surface area contributed by atoms with Gasteiger partial charge >= 0.3 is 0 Å². The Kier molecular flexibility index (Phi) is 6.40. The van der Waals surface area contributed by atoms with E-state index in [9.17, 15) is 9.59 Å². The second-order valence-corrected chi connectivity index (χ2v) is 8.97. The van der Waals surface area contributed by atoms with Crippen LogP contribution in [0, 0.1) is 5.92 Å². The zero-order chi connectivity index (χ0) is 23.3. The second-order valence-electron chi connectivity index (χ2n) is 8.02. The number of anilines is 2. The molecule has 2 N–H and O–H groups in total. The Labute approximate surface area is 201 Å². The van der Waals surface area contributed by atoms with E-state index in [2.05, 4.69) is 20.8 Å². The largest absolute Gasteiger partial charge is 0.326 e. The SMILES string of the molecule is O=C(CSc1nnc(-c2ccccc2)n1-c1ccccc1)Nc1cccc(NC(=O)C2CC2)c1. The minimum atomic E-state index is -0.167. The average Bonchev–Trinajstić information content (AvgIpc) is 3.63. The highest BCUT2D eigenvalue weighted by Gasteiger charge is 2.29. The van der Waals surface area contributed by atoms with Gasteiger partial charge in [0.25, 0.3) is 0 Å². The zero-order valence-corrected chi connectivity index (χ0v) is 19.2. The van der Waals surface area contributed by atoms with Gasteiger partial charge in [0.05, 0.1) is 5.75 Å². The first-order chi connectivity index (χ1) is 16.7. The molecule has 1 aromatic heterocycles. The molecule has 1 saturated carbocycles. The number of carbonyl (C=O) groups excluding carboxylic acids is 2. The third-order valence-electron chi connectivity index (χ3n) is 5.37. The van der Waals surface area contributed by atoms with Crippen molar-refractivity contribution in [1.29, 1.82) is 0 Å². The van der Waals surface area contributed by atoms with Gasteiger partial charge in [-0.15, -0.1) is 10.2 Å². The maximum atomic E-state index is 12.7. The lowest BCUT2D eigenvalue weighted by Crippen LogP contribution is -2.16. The summed E-state index contributed by atoms with van der Waals surface area (Å²) in [5, 5.41) is 15.2. The molecular weight excluding hydrogens is 446 g/mol. The van der Waals surface area contributed by atoms with Crippen molar-refractivity contribution in [2.75, 3.05) is 16.4 Å². The smallest absolute Gasteiger partial charge is 0.234 e. The first-order valence-electron chi connectivity index (χ1n) is 11.1. The van der Waals surface area contributed by atoms with Crippen molar-refractivity contribution in [3.05, 3.63) is 84.9 Å². The number of carbonyl (C=O) groups is 2.